The molecule has 142 valence electrons. The maximum atomic E-state index is 11.6. The molecule has 10 nitrogen and oxygen atoms in total. The zero-order chi connectivity index (χ0) is 19.1. The van der Waals surface area contributed by atoms with Crippen molar-refractivity contribution < 1.29 is 38.3 Å². The van der Waals surface area contributed by atoms with E-state index in [0.29, 0.717) is 35.5 Å². The Morgan fingerprint density at radius 3 is 2.04 bits per heavy atom. The van der Waals surface area contributed by atoms with Gasteiger partial charge in [-0.2, -0.15) is 0 Å². The molecule has 0 spiro atoms. The summed E-state index contributed by atoms with van der Waals surface area (Å²) in [4.78, 5) is 73.2. The van der Waals surface area contributed by atoms with Gasteiger partial charge in [0.25, 0.3) is 17.6 Å². The number of hydrogen-bond donors (Lipinski definition) is 0. The topological polar surface area (TPSA) is 127 Å². The number of imide groups is 1. The Hall–Kier alpha value is -2.65. The summed E-state index contributed by atoms with van der Waals surface area (Å²) >= 11 is 0. The van der Waals surface area contributed by atoms with E-state index in [1.165, 1.54) is 0 Å². The first kappa shape index (κ1) is 19.7. The number of unbranched alkanes of at least 4 members (excludes halogenated alkanes) is 3. The fourth-order valence-electron chi connectivity index (χ4n) is 2.63. The second-order valence-electron chi connectivity index (χ2n) is 6.16. The first-order chi connectivity index (χ1) is 12.4. The highest BCUT2D eigenvalue weighted by molar-refractivity contribution is 6.01. The van der Waals surface area contributed by atoms with Crippen LogP contribution in [0.4, 0.5) is 0 Å². The third-order valence-corrected chi connectivity index (χ3v) is 4.07. The predicted octanol–water partition coefficient (Wildman–Crippen LogP) is 0.555. The van der Waals surface area contributed by atoms with Gasteiger partial charge in [-0.1, -0.05) is 12.8 Å². The van der Waals surface area contributed by atoms with Crippen molar-refractivity contribution in [1.29, 1.82) is 0 Å². The van der Waals surface area contributed by atoms with Gasteiger partial charge in [0.05, 0.1) is 6.42 Å². The maximum absolute atomic E-state index is 11.6. The van der Waals surface area contributed by atoms with Crippen LogP contribution in [0.2, 0.25) is 0 Å². The second kappa shape index (κ2) is 9.16. The molecule has 0 saturated carbocycles. The highest BCUT2D eigenvalue weighted by Crippen LogP contribution is 2.14. The van der Waals surface area contributed by atoms with Gasteiger partial charge in [-0.05, 0) is 12.8 Å². The Labute approximate surface area is 149 Å². The summed E-state index contributed by atoms with van der Waals surface area (Å²) in [5.74, 6) is -2.67. The van der Waals surface area contributed by atoms with Crippen molar-refractivity contribution in [2.45, 2.75) is 64.0 Å². The molecule has 0 radical (unpaired) electrons. The number of esters is 1. The van der Waals surface area contributed by atoms with E-state index in [-0.39, 0.29) is 44.4 Å². The molecule has 0 aromatic carbocycles. The average Bonchev–Trinajstić information content (AvgIpc) is 3.08. The van der Waals surface area contributed by atoms with E-state index in [1.54, 1.807) is 0 Å². The Bertz CT molecular complexity index is 544. The molecule has 2 heterocycles. The van der Waals surface area contributed by atoms with Crippen molar-refractivity contribution in [3.05, 3.63) is 4.91 Å². The van der Waals surface area contributed by atoms with Crippen LogP contribution in [0.15, 0.2) is 0 Å². The molecule has 2 amide bonds. The first-order valence-corrected chi connectivity index (χ1v) is 8.61. The Morgan fingerprint density at radius 1 is 0.923 bits per heavy atom. The minimum Gasteiger partial charge on any atom is -0.393 e. The summed E-state index contributed by atoms with van der Waals surface area (Å²) in [7, 11) is 0. The Kier molecular flexibility index (Phi) is 6.93. The molecule has 2 fully saturated rings. The third kappa shape index (κ3) is 5.43. The van der Waals surface area contributed by atoms with Crippen LogP contribution in [0.3, 0.4) is 0 Å². The van der Waals surface area contributed by atoms with E-state index in [4.69, 9.17) is 9.57 Å². The normalized spacial score (nSPS) is 20.0. The third-order valence-electron chi connectivity index (χ3n) is 4.07. The smallest absolute Gasteiger partial charge is 0.393 e. The van der Waals surface area contributed by atoms with Crippen LogP contribution in [0, 0.1) is 4.91 Å². The molecule has 0 bridgehead atoms. The van der Waals surface area contributed by atoms with Gasteiger partial charge in [0.15, 0.2) is 0 Å². The summed E-state index contributed by atoms with van der Waals surface area (Å²) in [6.07, 6.45) is 1.29. The monoisotopic (exact) mass is 369 g/mol. The molecule has 1 unspecified atom stereocenters. The van der Waals surface area contributed by atoms with Crippen LogP contribution in [0.1, 0.15) is 57.8 Å². The van der Waals surface area contributed by atoms with Gasteiger partial charge < -0.3 is 9.57 Å². The van der Waals surface area contributed by atoms with Gasteiger partial charge in [-0.25, -0.2) is 4.79 Å². The SMILES string of the molecule is O=C(CCCCCCC(=O)ON1C(=O)CCC1=O)OC1C(=O)CC[N+]1=O. The first-order valence-electron chi connectivity index (χ1n) is 8.61. The zero-order valence-electron chi connectivity index (χ0n) is 14.3. The highest BCUT2D eigenvalue weighted by Gasteiger charge is 2.43. The zero-order valence-corrected chi connectivity index (χ0v) is 14.3. The van der Waals surface area contributed by atoms with Crippen LogP contribution >= 0.6 is 0 Å². The van der Waals surface area contributed by atoms with Crippen LogP contribution in [-0.2, 0) is 33.5 Å². The number of ether oxygens (including phenoxy) is 1. The van der Waals surface area contributed by atoms with Crippen molar-refractivity contribution in [2.75, 3.05) is 6.54 Å². The van der Waals surface area contributed by atoms with E-state index < -0.39 is 30.0 Å². The summed E-state index contributed by atoms with van der Waals surface area (Å²) in [6.45, 7) is 0.0432. The molecule has 2 rings (SSSR count). The van der Waals surface area contributed by atoms with Crippen molar-refractivity contribution in [3.63, 3.8) is 0 Å². The van der Waals surface area contributed by atoms with Gasteiger partial charge in [0.2, 0.25) is 6.54 Å². The highest BCUT2D eigenvalue weighted by atomic mass is 16.7. The molecule has 1 atom stereocenters. The number of nitroso groups, excluding NO2 is 1. The molecular formula is C16H21N2O8+. The number of carbonyl (C=O) groups excluding carboxylic acids is 5. The van der Waals surface area contributed by atoms with Crippen LogP contribution in [0.5, 0.6) is 0 Å². The van der Waals surface area contributed by atoms with Gasteiger partial charge in [-0.3, -0.25) is 19.2 Å². The quantitative estimate of drug-likeness (QED) is 0.250. The van der Waals surface area contributed by atoms with Gasteiger partial charge in [-0.15, -0.1) is 5.06 Å². The standard InChI is InChI=1S/C16H21N2O8/c19-11-9-10-17(24)16(11)25-14(22)5-3-1-2-4-6-15(23)26-18-12(20)7-8-13(18)21/h16H,1-10H2/q+1. The number of nitrogens with zero attached hydrogens (tertiary/aromatic N) is 2. The van der Waals surface area contributed by atoms with Crippen molar-refractivity contribution in [2.24, 2.45) is 0 Å². The van der Waals surface area contributed by atoms with Gasteiger partial charge in [0.1, 0.15) is 0 Å². The molecule has 2 aliphatic rings. The lowest BCUT2D eigenvalue weighted by Gasteiger charge is -2.12. The number of hydroxylamine groups is 2. The van der Waals surface area contributed by atoms with E-state index in [2.05, 4.69) is 0 Å². The maximum Gasteiger partial charge on any atom is 0.405 e. The number of carbonyl (C=O) groups is 5. The molecule has 0 aliphatic carbocycles. The van der Waals surface area contributed by atoms with Gasteiger partial charge in [0, 0.05) is 35.4 Å². The largest absolute Gasteiger partial charge is 0.405 e. The van der Waals surface area contributed by atoms with E-state index in [1.807, 2.05) is 0 Å². The van der Waals surface area contributed by atoms with Crippen LogP contribution in [0.25, 0.3) is 0 Å². The molecule has 26 heavy (non-hydrogen) atoms. The molecular weight excluding hydrogens is 348 g/mol. The lowest BCUT2D eigenvalue weighted by Crippen LogP contribution is -2.31. The fraction of sp³-hybridized carbons (Fsp3) is 0.688. The Balaban J connectivity index is 1.52. The van der Waals surface area contributed by atoms with Crippen LogP contribution < -0.4 is 0 Å². The summed E-state index contributed by atoms with van der Waals surface area (Å²) in [5, 5.41) is 0.516. The summed E-state index contributed by atoms with van der Waals surface area (Å²) in [5.41, 5.74) is 0. The van der Waals surface area contributed by atoms with Crippen molar-refractivity contribution in [1.82, 2.24) is 5.06 Å². The summed E-state index contributed by atoms with van der Waals surface area (Å²) < 4.78 is 5.32. The molecule has 2 saturated heterocycles. The minimum absolute atomic E-state index is 0.0432. The van der Waals surface area contributed by atoms with E-state index >= 15 is 0 Å². The Morgan fingerprint density at radius 2 is 1.50 bits per heavy atom. The lowest BCUT2D eigenvalue weighted by molar-refractivity contribution is -0.594. The minimum atomic E-state index is -1.31. The van der Waals surface area contributed by atoms with E-state index in [0.717, 1.165) is 0 Å². The number of hydrogen-bond acceptors (Lipinski definition) is 8. The van der Waals surface area contributed by atoms with E-state index in [9.17, 15) is 28.9 Å². The number of rotatable bonds is 9. The number of ketones is 1. The lowest BCUT2D eigenvalue weighted by atomic mass is 10.1. The van der Waals surface area contributed by atoms with Gasteiger partial charge >= 0.3 is 18.2 Å². The van der Waals surface area contributed by atoms with Crippen LogP contribution in [-0.4, -0.2) is 52.1 Å². The molecule has 0 aromatic rings. The summed E-state index contributed by atoms with van der Waals surface area (Å²) in [6, 6.07) is 0. The van der Waals surface area contributed by atoms with Crippen molar-refractivity contribution >= 4 is 29.5 Å². The molecule has 10 heteroatoms. The fourth-order valence-corrected chi connectivity index (χ4v) is 2.63. The van der Waals surface area contributed by atoms with Crippen molar-refractivity contribution in [3.8, 4) is 0 Å². The second-order valence-corrected chi connectivity index (χ2v) is 6.16. The molecule has 0 aromatic heterocycles. The average molecular weight is 369 g/mol. The molecule has 0 N–H and O–H groups in total. The number of amides is 2. The predicted molar refractivity (Wildman–Crippen MR) is 82.9 cm³/mol. The molecule has 2 aliphatic heterocycles. The number of Topliss-reactive ketones (excluding diaryl/α,β-unsaturated/α-hetero) is 1.